The number of benzene rings is 1. The molecular formula is C18H22N6O2S. The zero-order valence-electron chi connectivity index (χ0n) is 15.1. The molecule has 1 aromatic carbocycles. The Labute approximate surface area is 161 Å². The fourth-order valence-corrected chi connectivity index (χ4v) is 3.72. The summed E-state index contributed by atoms with van der Waals surface area (Å²) in [5.74, 6) is 0.544. The number of morpholine rings is 1. The Morgan fingerprint density at radius 1 is 1.26 bits per heavy atom. The summed E-state index contributed by atoms with van der Waals surface area (Å²) >= 11 is 1.39. The highest BCUT2D eigenvalue weighted by molar-refractivity contribution is 7.14. The van der Waals surface area contributed by atoms with Crippen molar-refractivity contribution in [2.24, 2.45) is 7.05 Å². The number of rotatable bonds is 6. The minimum Gasteiger partial charge on any atom is -0.379 e. The minimum atomic E-state index is -0.155. The summed E-state index contributed by atoms with van der Waals surface area (Å²) < 4.78 is 7.30. The van der Waals surface area contributed by atoms with Crippen LogP contribution >= 0.6 is 11.3 Å². The van der Waals surface area contributed by atoms with Crippen LogP contribution in [0.15, 0.2) is 29.6 Å². The lowest BCUT2D eigenvalue weighted by Crippen LogP contribution is -2.41. The van der Waals surface area contributed by atoms with Gasteiger partial charge in [-0.3, -0.25) is 9.69 Å². The molecule has 4 rings (SSSR count). The molecule has 0 atom stereocenters. The van der Waals surface area contributed by atoms with E-state index in [-0.39, 0.29) is 5.91 Å². The highest BCUT2D eigenvalue weighted by atomic mass is 32.1. The molecule has 3 aromatic rings. The van der Waals surface area contributed by atoms with E-state index in [1.807, 2.05) is 35.9 Å². The molecule has 1 fully saturated rings. The van der Waals surface area contributed by atoms with Crippen LogP contribution < -0.4 is 10.6 Å². The largest absolute Gasteiger partial charge is 0.379 e. The van der Waals surface area contributed by atoms with Gasteiger partial charge in [-0.05, 0) is 12.1 Å². The lowest BCUT2D eigenvalue weighted by atomic mass is 10.3. The summed E-state index contributed by atoms with van der Waals surface area (Å²) in [5, 5.41) is 8.54. The smallest absolute Gasteiger partial charge is 0.270 e. The molecule has 1 amide bonds. The van der Waals surface area contributed by atoms with Gasteiger partial charge in [0.2, 0.25) is 5.95 Å². The van der Waals surface area contributed by atoms with Gasteiger partial charge in [-0.15, -0.1) is 11.3 Å². The van der Waals surface area contributed by atoms with Crippen LogP contribution in [0.5, 0.6) is 0 Å². The molecule has 0 spiro atoms. The quantitative estimate of drug-likeness (QED) is 0.673. The second-order valence-electron chi connectivity index (χ2n) is 6.36. The van der Waals surface area contributed by atoms with E-state index in [2.05, 4.69) is 25.5 Å². The van der Waals surface area contributed by atoms with Crippen LogP contribution in [-0.4, -0.2) is 64.7 Å². The molecule has 0 aliphatic carbocycles. The summed E-state index contributed by atoms with van der Waals surface area (Å²) in [7, 11) is 1.95. The van der Waals surface area contributed by atoms with E-state index in [9.17, 15) is 4.79 Å². The number of nitrogens with zero attached hydrogens (tertiary/aromatic N) is 4. The number of nitrogens with one attached hydrogen (secondary N) is 2. The van der Waals surface area contributed by atoms with E-state index in [1.54, 1.807) is 5.38 Å². The first-order valence-electron chi connectivity index (χ1n) is 8.93. The summed E-state index contributed by atoms with van der Waals surface area (Å²) in [6, 6.07) is 7.93. The first-order chi connectivity index (χ1) is 13.2. The second-order valence-corrected chi connectivity index (χ2v) is 7.21. The molecule has 2 N–H and O–H groups in total. The number of hydrogen-bond donors (Lipinski definition) is 2. The lowest BCUT2D eigenvalue weighted by Gasteiger charge is -2.26. The molecule has 9 heteroatoms. The van der Waals surface area contributed by atoms with Crippen molar-refractivity contribution < 1.29 is 9.53 Å². The fourth-order valence-electron chi connectivity index (χ4n) is 3.03. The maximum Gasteiger partial charge on any atom is 0.270 e. The normalized spacial score (nSPS) is 15.1. The van der Waals surface area contributed by atoms with Crippen molar-refractivity contribution in [3.05, 3.63) is 35.3 Å². The van der Waals surface area contributed by atoms with Gasteiger partial charge in [0, 0.05) is 38.6 Å². The summed E-state index contributed by atoms with van der Waals surface area (Å²) in [5.41, 5.74) is 2.38. The van der Waals surface area contributed by atoms with Gasteiger partial charge in [-0.1, -0.05) is 12.1 Å². The number of ether oxygens (including phenoxy) is 1. The molecule has 1 aliphatic heterocycles. The molecule has 0 radical (unpaired) electrons. The fraction of sp³-hybridized carbons (Fsp3) is 0.389. The van der Waals surface area contributed by atoms with Gasteiger partial charge in [-0.2, -0.15) is 0 Å². The van der Waals surface area contributed by atoms with E-state index < -0.39 is 0 Å². The molecule has 27 heavy (non-hydrogen) atoms. The van der Waals surface area contributed by atoms with Crippen LogP contribution in [0.3, 0.4) is 0 Å². The Kier molecular flexibility index (Phi) is 5.33. The number of hydrogen-bond acceptors (Lipinski definition) is 7. The van der Waals surface area contributed by atoms with Crippen LogP contribution in [0.1, 0.15) is 10.5 Å². The monoisotopic (exact) mass is 386 g/mol. The molecule has 1 saturated heterocycles. The SMILES string of the molecule is Cn1c(Nc2nc(C(=O)NCCN3CCOCC3)cs2)nc2ccccc21. The van der Waals surface area contributed by atoms with Gasteiger partial charge < -0.3 is 19.9 Å². The Hall–Kier alpha value is -2.49. The van der Waals surface area contributed by atoms with Crippen molar-refractivity contribution >= 4 is 39.4 Å². The van der Waals surface area contributed by atoms with E-state index in [0.717, 1.165) is 43.9 Å². The number of fused-ring (bicyclic) bond motifs is 1. The number of imidazole rings is 1. The minimum absolute atomic E-state index is 0.155. The highest BCUT2D eigenvalue weighted by Crippen LogP contribution is 2.23. The van der Waals surface area contributed by atoms with Crippen molar-refractivity contribution in [3.63, 3.8) is 0 Å². The van der Waals surface area contributed by atoms with E-state index in [4.69, 9.17) is 4.74 Å². The van der Waals surface area contributed by atoms with Crippen molar-refractivity contribution in [3.8, 4) is 0 Å². The van der Waals surface area contributed by atoms with Gasteiger partial charge in [0.15, 0.2) is 5.13 Å². The lowest BCUT2D eigenvalue weighted by molar-refractivity contribution is 0.0383. The van der Waals surface area contributed by atoms with Crippen LogP contribution in [0, 0.1) is 0 Å². The Balaban J connectivity index is 1.34. The molecule has 0 unspecified atom stereocenters. The molecule has 0 saturated carbocycles. The zero-order valence-corrected chi connectivity index (χ0v) is 16.0. The number of aromatic nitrogens is 3. The molecule has 3 heterocycles. The van der Waals surface area contributed by atoms with Crippen molar-refractivity contribution in [1.29, 1.82) is 0 Å². The number of carbonyl (C=O) groups excluding carboxylic acids is 1. The van der Waals surface area contributed by atoms with Crippen LogP contribution in [0.4, 0.5) is 11.1 Å². The molecule has 1 aliphatic rings. The van der Waals surface area contributed by atoms with Crippen molar-refractivity contribution in [2.45, 2.75) is 0 Å². The Morgan fingerprint density at radius 3 is 2.89 bits per heavy atom. The Bertz CT molecular complexity index is 931. The van der Waals surface area contributed by atoms with Gasteiger partial charge in [0.25, 0.3) is 5.91 Å². The highest BCUT2D eigenvalue weighted by Gasteiger charge is 2.14. The maximum atomic E-state index is 12.3. The van der Waals surface area contributed by atoms with E-state index >= 15 is 0 Å². The van der Waals surface area contributed by atoms with Gasteiger partial charge in [0.05, 0.1) is 24.2 Å². The average Bonchev–Trinajstić information content (AvgIpc) is 3.28. The number of thiazole rings is 1. The molecular weight excluding hydrogens is 364 g/mol. The van der Waals surface area contributed by atoms with Crippen molar-refractivity contribution in [2.75, 3.05) is 44.7 Å². The summed E-state index contributed by atoms with van der Waals surface area (Å²) in [6.07, 6.45) is 0. The number of aryl methyl sites for hydroxylation is 1. The van der Waals surface area contributed by atoms with Crippen LogP contribution in [0.25, 0.3) is 11.0 Å². The standard InChI is InChI=1S/C18H22N6O2S/c1-23-15-5-3-2-4-13(15)20-17(23)22-18-21-14(12-27-18)16(25)19-6-7-24-8-10-26-11-9-24/h2-5,12H,6-11H2,1H3,(H,19,25)(H,20,21,22). The molecule has 2 aromatic heterocycles. The first-order valence-corrected chi connectivity index (χ1v) is 9.81. The average molecular weight is 386 g/mol. The first kappa shape index (κ1) is 17.9. The van der Waals surface area contributed by atoms with Gasteiger partial charge >= 0.3 is 0 Å². The van der Waals surface area contributed by atoms with Gasteiger partial charge in [0.1, 0.15) is 5.69 Å². The zero-order chi connectivity index (χ0) is 18.6. The van der Waals surface area contributed by atoms with Crippen LogP contribution in [0.2, 0.25) is 0 Å². The van der Waals surface area contributed by atoms with E-state index in [1.165, 1.54) is 11.3 Å². The number of carbonyl (C=O) groups is 1. The topological polar surface area (TPSA) is 84.3 Å². The maximum absolute atomic E-state index is 12.3. The second kappa shape index (κ2) is 8.03. The third-order valence-electron chi connectivity index (χ3n) is 4.56. The number of amides is 1. The van der Waals surface area contributed by atoms with Crippen LogP contribution in [-0.2, 0) is 11.8 Å². The number of para-hydroxylation sites is 2. The van der Waals surface area contributed by atoms with Gasteiger partial charge in [-0.25, -0.2) is 9.97 Å². The number of anilines is 2. The predicted molar refractivity (Wildman–Crippen MR) is 106 cm³/mol. The Morgan fingerprint density at radius 2 is 2.07 bits per heavy atom. The molecule has 142 valence electrons. The van der Waals surface area contributed by atoms with Crippen molar-refractivity contribution in [1.82, 2.24) is 24.8 Å². The third-order valence-corrected chi connectivity index (χ3v) is 5.32. The van der Waals surface area contributed by atoms with E-state index in [0.29, 0.717) is 23.3 Å². The summed E-state index contributed by atoms with van der Waals surface area (Å²) in [4.78, 5) is 23.5. The molecule has 0 bridgehead atoms. The molecule has 8 nitrogen and oxygen atoms in total. The third kappa shape index (κ3) is 4.10. The predicted octanol–water partition coefficient (Wildman–Crippen LogP) is 1.84. The summed E-state index contributed by atoms with van der Waals surface area (Å²) in [6.45, 7) is 4.78.